The lowest BCUT2D eigenvalue weighted by molar-refractivity contribution is -0.138. The maximum atomic E-state index is 11.7. The summed E-state index contributed by atoms with van der Waals surface area (Å²) in [6.07, 6.45) is 0. The fraction of sp³-hybridized carbons (Fsp3) is 0.250. The first kappa shape index (κ1) is 13.6. The summed E-state index contributed by atoms with van der Waals surface area (Å²) in [7, 11) is -3.95. The number of nitrogens with one attached hydrogen (secondary N) is 1. The Kier molecular flexibility index (Phi) is 3.86. The van der Waals surface area contributed by atoms with Gasteiger partial charge in [-0.05, 0) is 13.0 Å². The quantitative estimate of drug-likeness (QED) is 0.675. The number of hydrogen-bond donors (Lipinski definition) is 3. The van der Waals surface area contributed by atoms with E-state index in [-0.39, 0.29) is 9.77 Å². The Balaban J connectivity index is 2.97. The van der Waals surface area contributed by atoms with Crippen LogP contribution in [0.15, 0.2) is 16.3 Å². The molecule has 1 rings (SSSR count). The van der Waals surface area contributed by atoms with Crippen LogP contribution in [0.25, 0.3) is 0 Å². The van der Waals surface area contributed by atoms with E-state index in [1.54, 1.807) is 0 Å². The van der Waals surface area contributed by atoms with E-state index in [4.69, 9.17) is 10.8 Å². The first-order valence-corrected chi connectivity index (χ1v) is 6.74. The van der Waals surface area contributed by atoms with Crippen molar-refractivity contribution in [2.24, 2.45) is 5.73 Å². The number of hydrogen-bond acceptors (Lipinski definition) is 5. The van der Waals surface area contributed by atoms with Gasteiger partial charge in [0.05, 0.1) is 9.77 Å². The van der Waals surface area contributed by atoms with Crippen LogP contribution in [0.5, 0.6) is 0 Å². The molecule has 0 aliphatic rings. The Morgan fingerprint density at radius 2 is 2.12 bits per heavy atom. The van der Waals surface area contributed by atoms with Gasteiger partial charge in [-0.15, -0.1) is 11.3 Å². The maximum Gasteiger partial charge on any atom is 0.321 e. The predicted octanol–water partition coefficient (Wildman–Crippen LogP) is -0.402. The van der Waals surface area contributed by atoms with E-state index in [0.29, 0.717) is 0 Å². The monoisotopic (exact) mass is 278 g/mol. The van der Waals surface area contributed by atoms with E-state index in [9.17, 15) is 18.0 Å². The zero-order valence-electron chi connectivity index (χ0n) is 8.71. The molecule has 0 saturated heterocycles. The fourth-order valence-corrected chi connectivity index (χ4v) is 3.26. The summed E-state index contributed by atoms with van der Waals surface area (Å²) in [5.74, 6) is -2.03. The molecule has 4 N–H and O–H groups in total. The van der Waals surface area contributed by atoms with Crippen LogP contribution in [-0.2, 0) is 14.8 Å². The van der Waals surface area contributed by atoms with Gasteiger partial charge < -0.3 is 10.8 Å². The number of carboxylic acids is 1. The van der Waals surface area contributed by atoms with Gasteiger partial charge in [0, 0.05) is 5.38 Å². The van der Waals surface area contributed by atoms with Gasteiger partial charge in [0.2, 0.25) is 10.0 Å². The van der Waals surface area contributed by atoms with Crippen molar-refractivity contribution in [2.45, 2.75) is 17.9 Å². The van der Waals surface area contributed by atoms with E-state index < -0.39 is 27.9 Å². The van der Waals surface area contributed by atoms with Gasteiger partial charge in [-0.2, -0.15) is 4.72 Å². The van der Waals surface area contributed by atoms with Gasteiger partial charge in [0.25, 0.3) is 5.91 Å². The third kappa shape index (κ3) is 3.25. The zero-order valence-corrected chi connectivity index (χ0v) is 10.3. The van der Waals surface area contributed by atoms with Crippen LogP contribution < -0.4 is 10.5 Å². The standard InChI is InChI=1S/C8H10N2O5S2/c1-4(8(12)13)10-17(14,15)5-2-6(7(9)11)16-3-5/h2-4,10H,1H3,(H2,9,11)(H,12,13). The highest BCUT2D eigenvalue weighted by atomic mass is 32.2. The third-order valence-electron chi connectivity index (χ3n) is 1.83. The van der Waals surface area contributed by atoms with Gasteiger partial charge in [-0.25, -0.2) is 8.42 Å². The minimum atomic E-state index is -3.95. The van der Waals surface area contributed by atoms with Crippen molar-refractivity contribution in [3.8, 4) is 0 Å². The molecule has 0 spiro atoms. The molecule has 0 aliphatic heterocycles. The molecule has 0 aliphatic carbocycles. The van der Waals surface area contributed by atoms with Crippen molar-refractivity contribution in [2.75, 3.05) is 0 Å². The number of nitrogens with two attached hydrogens (primary N) is 1. The van der Waals surface area contributed by atoms with Crippen LogP contribution >= 0.6 is 11.3 Å². The molecule has 1 amide bonds. The summed E-state index contributed by atoms with van der Waals surface area (Å²) in [5.41, 5.74) is 4.98. The van der Waals surface area contributed by atoms with Crippen molar-refractivity contribution in [3.63, 3.8) is 0 Å². The van der Waals surface area contributed by atoms with Crippen molar-refractivity contribution >= 4 is 33.2 Å². The average molecular weight is 278 g/mol. The Hall–Kier alpha value is -1.45. The van der Waals surface area contributed by atoms with Crippen LogP contribution in [0.4, 0.5) is 0 Å². The van der Waals surface area contributed by atoms with Crippen molar-refractivity contribution in [1.82, 2.24) is 4.72 Å². The van der Waals surface area contributed by atoms with Crippen LogP contribution in [0.2, 0.25) is 0 Å². The topological polar surface area (TPSA) is 127 Å². The molecule has 9 heteroatoms. The molecule has 0 saturated carbocycles. The lowest BCUT2D eigenvalue weighted by atomic mass is 10.4. The molecule has 1 heterocycles. The largest absolute Gasteiger partial charge is 0.480 e. The van der Waals surface area contributed by atoms with Gasteiger partial charge in [-0.1, -0.05) is 0 Å². The number of thiophene rings is 1. The molecule has 0 aromatic carbocycles. The van der Waals surface area contributed by atoms with Gasteiger partial charge in [0.1, 0.15) is 6.04 Å². The third-order valence-corrected chi connectivity index (χ3v) is 4.45. The molecule has 1 unspecified atom stereocenters. The molecule has 1 aromatic rings. The number of amides is 1. The SMILES string of the molecule is CC(NS(=O)(=O)c1csc(C(N)=O)c1)C(=O)O. The minimum absolute atomic E-state index is 0.0911. The molecule has 0 radical (unpaired) electrons. The van der Waals surface area contributed by atoms with Crippen molar-refractivity contribution in [3.05, 3.63) is 16.3 Å². The second kappa shape index (κ2) is 4.82. The number of sulfonamides is 1. The normalized spacial score (nSPS) is 13.2. The van der Waals surface area contributed by atoms with Crippen molar-refractivity contribution in [1.29, 1.82) is 0 Å². The second-order valence-electron chi connectivity index (χ2n) is 3.19. The first-order chi connectivity index (χ1) is 7.74. The number of carbonyl (C=O) groups is 2. The maximum absolute atomic E-state index is 11.7. The smallest absolute Gasteiger partial charge is 0.321 e. The minimum Gasteiger partial charge on any atom is -0.480 e. The predicted molar refractivity (Wildman–Crippen MR) is 60.3 cm³/mol. The summed E-state index contributed by atoms with van der Waals surface area (Å²) in [4.78, 5) is 21.2. The summed E-state index contributed by atoms with van der Waals surface area (Å²) >= 11 is 0.879. The van der Waals surface area contributed by atoms with Gasteiger partial charge >= 0.3 is 5.97 Å². The fourth-order valence-electron chi connectivity index (χ4n) is 0.940. The van der Waals surface area contributed by atoms with Crippen LogP contribution in [-0.4, -0.2) is 31.4 Å². The summed E-state index contributed by atoms with van der Waals surface area (Å²) in [6, 6.07) is -0.152. The Morgan fingerprint density at radius 3 is 2.53 bits per heavy atom. The molecule has 1 atom stereocenters. The van der Waals surface area contributed by atoms with E-state index >= 15 is 0 Å². The molecule has 0 fully saturated rings. The molecule has 1 aromatic heterocycles. The molecule has 7 nitrogen and oxygen atoms in total. The summed E-state index contributed by atoms with van der Waals surface area (Å²) in [5, 5.41) is 9.81. The Morgan fingerprint density at radius 1 is 1.53 bits per heavy atom. The Labute approximate surface area is 101 Å². The molecule has 17 heavy (non-hydrogen) atoms. The van der Waals surface area contributed by atoms with Gasteiger partial charge in [0.15, 0.2) is 0 Å². The number of aliphatic carboxylic acids is 1. The molecule has 94 valence electrons. The number of rotatable bonds is 5. The second-order valence-corrected chi connectivity index (χ2v) is 5.82. The van der Waals surface area contributed by atoms with Crippen LogP contribution in [0.3, 0.4) is 0 Å². The molecular weight excluding hydrogens is 268 g/mol. The lowest BCUT2D eigenvalue weighted by Crippen LogP contribution is -2.38. The summed E-state index contributed by atoms with van der Waals surface area (Å²) < 4.78 is 25.3. The molecule has 0 bridgehead atoms. The highest BCUT2D eigenvalue weighted by Gasteiger charge is 2.23. The zero-order chi connectivity index (χ0) is 13.2. The Bertz CT molecular complexity index is 548. The lowest BCUT2D eigenvalue weighted by Gasteiger charge is -2.08. The summed E-state index contributed by atoms with van der Waals surface area (Å²) in [6.45, 7) is 1.20. The van der Waals surface area contributed by atoms with E-state index in [2.05, 4.69) is 0 Å². The van der Waals surface area contributed by atoms with Crippen LogP contribution in [0, 0.1) is 0 Å². The number of carboxylic acid groups (broad SMARTS) is 1. The van der Waals surface area contributed by atoms with Gasteiger partial charge in [-0.3, -0.25) is 9.59 Å². The average Bonchev–Trinajstić information content (AvgIpc) is 2.65. The van der Waals surface area contributed by atoms with E-state index in [1.807, 2.05) is 4.72 Å². The van der Waals surface area contributed by atoms with Crippen molar-refractivity contribution < 1.29 is 23.1 Å². The molecular formula is C8H10N2O5S2. The van der Waals surface area contributed by atoms with E-state index in [0.717, 1.165) is 17.4 Å². The van der Waals surface area contributed by atoms with Crippen LogP contribution in [0.1, 0.15) is 16.6 Å². The highest BCUT2D eigenvalue weighted by Crippen LogP contribution is 2.18. The number of carbonyl (C=O) groups excluding carboxylic acids is 1. The first-order valence-electron chi connectivity index (χ1n) is 4.37. The van der Waals surface area contributed by atoms with E-state index in [1.165, 1.54) is 12.3 Å². The highest BCUT2D eigenvalue weighted by molar-refractivity contribution is 7.89. The number of primary amides is 1.